The second kappa shape index (κ2) is 11.9. The number of hydrogen-bond acceptors (Lipinski definition) is 7. The molecule has 182 valence electrons. The number of pyridine rings is 2. The maximum Gasteiger partial charge on any atom is 0.186 e. The van der Waals surface area contributed by atoms with Crippen LogP contribution in [0.1, 0.15) is 29.7 Å². The Hall–Kier alpha value is -2.61. The number of likely N-dealkylation sites (tertiary alicyclic amines) is 1. The maximum atomic E-state index is 12.1. The van der Waals surface area contributed by atoms with Gasteiger partial charge >= 0.3 is 0 Å². The first-order valence-electron chi connectivity index (χ1n) is 11.5. The van der Waals surface area contributed by atoms with Crippen LogP contribution in [0.5, 0.6) is 5.75 Å². The molecule has 0 atom stereocenters. The van der Waals surface area contributed by atoms with Crippen LogP contribution >= 0.6 is 32.8 Å². The first-order chi connectivity index (χ1) is 17.1. The first-order valence-corrected chi connectivity index (χ1v) is 13.8. The number of rotatable bonds is 9. The minimum atomic E-state index is -1.46. The van der Waals surface area contributed by atoms with Gasteiger partial charge in [-0.3, -0.25) is 13.0 Å². The Morgan fingerprint density at radius 2 is 1.94 bits per heavy atom. The van der Waals surface area contributed by atoms with Crippen molar-refractivity contribution in [2.45, 2.75) is 31.7 Å². The molecule has 1 aliphatic rings. The Morgan fingerprint density at radius 1 is 1.20 bits per heavy atom. The van der Waals surface area contributed by atoms with Gasteiger partial charge in [-0.25, -0.2) is 4.98 Å². The number of nitrogens with one attached hydrogen (secondary N) is 1. The number of piperidine rings is 1. The van der Waals surface area contributed by atoms with Crippen LogP contribution in [0.4, 0.5) is 5.82 Å². The van der Waals surface area contributed by atoms with E-state index in [1.54, 1.807) is 12.4 Å². The van der Waals surface area contributed by atoms with Crippen LogP contribution in [-0.2, 0) is 15.0 Å². The molecular formula is C26H27ClIN5O2. The van der Waals surface area contributed by atoms with E-state index in [1.807, 2.05) is 49.4 Å². The van der Waals surface area contributed by atoms with Crippen molar-refractivity contribution in [3.8, 4) is 11.8 Å². The van der Waals surface area contributed by atoms with Crippen LogP contribution in [0.15, 0.2) is 54.9 Å². The second-order valence-electron chi connectivity index (χ2n) is 8.54. The molecule has 4 rings (SSSR count). The van der Waals surface area contributed by atoms with E-state index < -0.39 is 26.6 Å². The minimum absolute atomic E-state index is 0.377. The number of ether oxygens (including phenoxy) is 1. The van der Waals surface area contributed by atoms with Gasteiger partial charge in [0.2, 0.25) is 0 Å². The van der Waals surface area contributed by atoms with Gasteiger partial charge in [0, 0.05) is 32.0 Å². The number of anilines is 1. The topological polar surface area (TPSA) is 91.1 Å². The molecule has 0 aliphatic carbocycles. The molecule has 35 heavy (non-hydrogen) atoms. The van der Waals surface area contributed by atoms with Crippen LogP contribution in [0.2, 0.25) is 5.02 Å². The Balaban J connectivity index is 1.40. The van der Waals surface area contributed by atoms with Gasteiger partial charge in [0.1, 0.15) is 17.8 Å². The van der Waals surface area contributed by atoms with Crippen molar-refractivity contribution < 1.29 is 7.81 Å². The molecule has 3 heterocycles. The lowest BCUT2D eigenvalue weighted by Crippen LogP contribution is -2.42. The fraction of sp³-hybridized carbons (Fsp3) is 0.346. The molecule has 3 aromatic rings. The van der Waals surface area contributed by atoms with Gasteiger partial charge < -0.3 is 10.1 Å². The predicted molar refractivity (Wildman–Crippen MR) is 144 cm³/mol. The summed E-state index contributed by atoms with van der Waals surface area (Å²) in [6.45, 7) is 5.15. The summed E-state index contributed by atoms with van der Waals surface area (Å²) < 4.78 is 18.7. The third-order valence-electron chi connectivity index (χ3n) is 6.40. The normalized spacial score (nSPS) is 15.3. The molecule has 0 spiro atoms. The van der Waals surface area contributed by atoms with Gasteiger partial charge in [0.25, 0.3) is 0 Å². The fourth-order valence-corrected chi connectivity index (χ4v) is 5.87. The first kappa shape index (κ1) is 25.5. The molecule has 1 fully saturated rings. The van der Waals surface area contributed by atoms with Gasteiger partial charge in [0.15, 0.2) is 26.9 Å². The molecule has 1 aromatic carbocycles. The zero-order chi connectivity index (χ0) is 24.7. The molecule has 9 heteroatoms. The van der Waals surface area contributed by atoms with Crippen molar-refractivity contribution in [1.82, 2.24) is 14.9 Å². The van der Waals surface area contributed by atoms with Crippen molar-refractivity contribution in [2.75, 3.05) is 31.6 Å². The lowest BCUT2D eigenvalue weighted by Gasteiger charge is -2.37. The van der Waals surface area contributed by atoms with Crippen LogP contribution in [0.3, 0.4) is 0 Å². The van der Waals surface area contributed by atoms with Gasteiger partial charge in [-0.05, 0) is 61.2 Å². The van der Waals surface area contributed by atoms with Crippen LogP contribution < -0.4 is 10.1 Å². The largest absolute Gasteiger partial charge is 0.489 e. The SMILES string of the molecule is Cc1c(CN2CCC(C#N)(c3ccccn3)CC2)cc(I=O)c(OCCNc2ccccn2)c1Cl. The van der Waals surface area contributed by atoms with E-state index in [-0.39, 0.29) is 0 Å². The van der Waals surface area contributed by atoms with Gasteiger partial charge in [-0.15, -0.1) is 0 Å². The lowest BCUT2D eigenvalue weighted by atomic mass is 9.76. The Bertz CT molecular complexity index is 1200. The van der Waals surface area contributed by atoms with Gasteiger partial charge in [0.05, 0.1) is 26.9 Å². The highest BCUT2D eigenvalue weighted by atomic mass is 127. The summed E-state index contributed by atoms with van der Waals surface area (Å²) in [6.07, 6.45) is 4.92. The Labute approximate surface area is 221 Å². The van der Waals surface area contributed by atoms with E-state index in [0.29, 0.717) is 34.0 Å². The molecule has 0 saturated carbocycles. The Kier molecular flexibility index (Phi) is 8.65. The molecule has 0 bridgehead atoms. The number of hydrogen-bond donors (Lipinski definition) is 1. The number of nitrogens with zero attached hydrogens (tertiary/aromatic N) is 4. The zero-order valence-corrected chi connectivity index (χ0v) is 22.4. The van der Waals surface area contributed by atoms with Crippen LogP contribution in [-0.4, -0.2) is 41.1 Å². The predicted octanol–water partition coefficient (Wildman–Crippen LogP) is 5.47. The van der Waals surface area contributed by atoms with E-state index in [4.69, 9.17) is 16.3 Å². The van der Waals surface area contributed by atoms with Crippen molar-refractivity contribution in [2.24, 2.45) is 0 Å². The van der Waals surface area contributed by atoms with E-state index in [1.165, 1.54) is 0 Å². The van der Waals surface area contributed by atoms with Crippen molar-refractivity contribution in [1.29, 1.82) is 5.26 Å². The fourth-order valence-electron chi connectivity index (χ4n) is 4.30. The monoisotopic (exact) mass is 603 g/mol. The number of benzene rings is 1. The summed E-state index contributed by atoms with van der Waals surface area (Å²) in [5.41, 5.74) is 2.28. The third kappa shape index (κ3) is 5.97. The van der Waals surface area contributed by atoms with Crippen LogP contribution in [0, 0.1) is 21.8 Å². The number of halogens is 2. The van der Waals surface area contributed by atoms with E-state index in [0.717, 1.165) is 48.6 Å². The average Bonchev–Trinajstić information content (AvgIpc) is 2.91. The van der Waals surface area contributed by atoms with E-state index in [9.17, 15) is 8.33 Å². The second-order valence-corrected chi connectivity index (χ2v) is 10.5. The van der Waals surface area contributed by atoms with Gasteiger partial charge in [-0.1, -0.05) is 23.7 Å². The minimum Gasteiger partial charge on any atom is -0.489 e. The summed E-state index contributed by atoms with van der Waals surface area (Å²) in [5.74, 6) is 1.28. The molecule has 2 aromatic heterocycles. The summed E-state index contributed by atoms with van der Waals surface area (Å²) >= 11 is 5.23. The maximum absolute atomic E-state index is 12.1. The smallest absolute Gasteiger partial charge is 0.186 e. The molecule has 0 radical (unpaired) electrons. The third-order valence-corrected chi connectivity index (χ3v) is 8.13. The van der Waals surface area contributed by atoms with Crippen molar-refractivity contribution >= 4 is 38.6 Å². The average molecular weight is 604 g/mol. The molecular weight excluding hydrogens is 577 g/mol. The zero-order valence-electron chi connectivity index (χ0n) is 19.5. The van der Waals surface area contributed by atoms with Crippen LogP contribution in [0.25, 0.3) is 0 Å². The summed E-state index contributed by atoms with van der Waals surface area (Å²) in [7, 11) is 0. The summed E-state index contributed by atoms with van der Waals surface area (Å²) in [4.78, 5) is 11.0. The summed E-state index contributed by atoms with van der Waals surface area (Å²) in [6, 6.07) is 15.9. The highest BCUT2D eigenvalue weighted by Gasteiger charge is 2.37. The highest BCUT2D eigenvalue weighted by molar-refractivity contribution is 14.1. The quantitative estimate of drug-likeness (QED) is 0.256. The molecule has 0 unspecified atom stereocenters. The number of nitriles is 1. The molecule has 1 N–H and O–H groups in total. The molecule has 1 aliphatic heterocycles. The lowest BCUT2D eigenvalue weighted by molar-refractivity contribution is 0.176. The molecule has 1 saturated heterocycles. The van der Waals surface area contributed by atoms with Crippen molar-refractivity contribution in [3.63, 3.8) is 0 Å². The highest BCUT2D eigenvalue weighted by Crippen LogP contribution is 2.38. The molecule has 0 amide bonds. The number of aromatic nitrogens is 2. The van der Waals surface area contributed by atoms with Gasteiger partial charge in [-0.2, -0.15) is 5.26 Å². The standard InChI is InChI=1S/C26H27ClIN5O2/c1-19-20(17-33-13-8-26(18-29,9-14-33)22-6-2-4-10-30-22)16-21(28-34)25(24(19)27)35-15-12-32-23-7-3-5-11-31-23/h2-7,10-11,16H,8-9,12-15,17H2,1H3,(H,31,32). The summed E-state index contributed by atoms with van der Waals surface area (Å²) in [5, 5.41) is 13.6. The van der Waals surface area contributed by atoms with E-state index >= 15 is 0 Å². The molecule has 7 nitrogen and oxygen atoms in total. The Morgan fingerprint density at radius 3 is 2.57 bits per heavy atom. The van der Waals surface area contributed by atoms with Crippen molar-refractivity contribution in [3.05, 3.63) is 80.3 Å². The van der Waals surface area contributed by atoms with E-state index in [2.05, 4.69) is 26.3 Å².